The lowest BCUT2D eigenvalue weighted by Crippen LogP contribution is -2.34. The second-order valence-electron chi connectivity index (χ2n) is 10.9. The highest BCUT2D eigenvalue weighted by Gasteiger charge is 2.27. The molecule has 2 aromatic heterocycles. The third kappa shape index (κ3) is 7.35. The van der Waals surface area contributed by atoms with Gasteiger partial charge in [0, 0.05) is 5.56 Å². The van der Waals surface area contributed by atoms with Crippen LogP contribution in [0, 0.1) is 0 Å². The number of rotatable bonds is 8. The third-order valence-electron chi connectivity index (χ3n) is 7.63. The van der Waals surface area contributed by atoms with Crippen molar-refractivity contribution < 1.29 is 36.0 Å². The lowest BCUT2D eigenvalue weighted by atomic mass is 9.98. The molecular weight excluding hydrogens is 726 g/mol. The number of sulfonamides is 2. The van der Waals surface area contributed by atoms with Crippen LogP contribution in [0.5, 0.6) is 6.01 Å². The van der Waals surface area contributed by atoms with Crippen molar-refractivity contribution in [3.63, 3.8) is 0 Å². The van der Waals surface area contributed by atoms with Crippen LogP contribution in [0.25, 0.3) is 33.5 Å². The van der Waals surface area contributed by atoms with Gasteiger partial charge in [-0.2, -0.15) is 9.71 Å². The molecule has 0 bridgehead atoms. The van der Waals surface area contributed by atoms with Gasteiger partial charge in [-0.15, -0.1) is 0 Å². The number of carbonyl (C=O) groups is 1. The van der Waals surface area contributed by atoms with E-state index in [0.29, 0.717) is 36.0 Å². The van der Waals surface area contributed by atoms with Crippen LogP contribution in [-0.2, 0) is 26.6 Å². The Morgan fingerprint density at radius 3 is 2.45 bits per heavy atom. The minimum atomic E-state index is -4.07. The summed E-state index contributed by atoms with van der Waals surface area (Å²) in [5.41, 5.74) is 4.98. The summed E-state index contributed by atoms with van der Waals surface area (Å²) < 4.78 is 60.0. The summed E-state index contributed by atoms with van der Waals surface area (Å²) in [6.45, 7) is 2.66. The molecule has 0 unspecified atom stereocenters. The first-order chi connectivity index (χ1) is 24.3. The predicted molar refractivity (Wildman–Crippen MR) is 187 cm³/mol. The van der Waals surface area contributed by atoms with Crippen molar-refractivity contribution in [2.45, 2.75) is 23.3 Å². The molecule has 0 aliphatic carbocycles. The Balaban J connectivity index is 0.000000221. The minimum Gasteiger partial charge on any atom is -0.478 e. The Labute approximate surface area is 294 Å². The van der Waals surface area contributed by atoms with Crippen molar-refractivity contribution in [1.29, 1.82) is 0 Å². The molecule has 0 spiro atoms. The Hall–Kier alpha value is -5.53. The maximum Gasteiger partial charge on any atom is 0.439 e. The van der Waals surface area contributed by atoms with Crippen LogP contribution in [-0.4, -0.2) is 60.9 Å². The van der Waals surface area contributed by atoms with Crippen molar-refractivity contribution in [3.8, 4) is 28.5 Å². The number of anilines is 1. The van der Waals surface area contributed by atoms with Gasteiger partial charge in [0.15, 0.2) is 5.82 Å². The largest absolute Gasteiger partial charge is 0.478 e. The standard InChI is InChI=1S/C25H20N4O5.C7H8ClN3O4S2/c1-2-33-24-26-20-9-5-8-19(23(30)31)21(20)29(24)14-15-10-12-16(13-11-15)17-6-3-4-7-18(17)22-27-25(32)34-28-22;8-4-1-5-7(2-6(4)16(9,12)13)17(14,15)11-3-10-5/h3-13H,2,14H2,1H3,(H,30,31)(H,27,28,32);1-2,10-11H,3H2,(H2,9,12,13). The highest BCUT2D eigenvalue weighted by atomic mass is 35.5. The monoisotopic (exact) mass is 753 g/mol. The van der Waals surface area contributed by atoms with Gasteiger partial charge in [0.2, 0.25) is 20.0 Å². The number of nitrogens with zero attached hydrogens (tertiary/aromatic N) is 3. The third-order valence-corrected chi connectivity index (χ3v) is 10.5. The van der Waals surface area contributed by atoms with E-state index in [1.54, 1.807) is 22.8 Å². The molecule has 16 nitrogen and oxygen atoms in total. The molecule has 1 aliphatic heterocycles. The van der Waals surface area contributed by atoms with Crippen LogP contribution < -0.4 is 25.7 Å². The van der Waals surface area contributed by atoms with Gasteiger partial charge in [-0.05, 0) is 47.9 Å². The van der Waals surface area contributed by atoms with Crippen molar-refractivity contribution in [1.82, 2.24) is 24.4 Å². The van der Waals surface area contributed by atoms with Gasteiger partial charge in [0.1, 0.15) is 9.79 Å². The molecule has 4 aromatic carbocycles. The number of halogens is 1. The number of carboxylic acids is 1. The molecule has 3 heterocycles. The fourth-order valence-corrected chi connectivity index (χ4v) is 7.68. The van der Waals surface area contributed by atoms with E-state index in [1.807, 2.05) is 55.5 Å². The lowest BCUT2D eigenvalue weighted by Gasteiger charge is -2.20. The number of primary sulfonamides is 1. The number of hydrogen-bond donors (Lipinski definition) is 5. The van der Waals surface area contributed by atoms with Gasteiger partial charge in [-0.1, -0.05) is 71.4 Å². The number of nitrogens with one attached hydrogen (secondary N) is 3. The summed E-state index contributed by atoms with van der Waals surface area (Å²) in [7, 11) is -7.80. The van der Waals surface area contributed by atoms with Crippen LogP contribution in [0.15, 0.2) is 98.0 Å². The Morgan fingerprint density at radius 2 is 1.80 bits per heavy atom. The smallest absolute Gasteiger partial charge is 0.439 e. The average molecular weight is 754 g/mol. The number of ether oxygens (including phenoxy) is 1. The van der Waals surface area contributed by atoms with Crippen LogP contribution in [0.4, 0.5) is 5.69 Å². The zero-order valence-electron chi connectivity index (χ0n) is 26.5. The van der Waals surface area contributed by atoms with Crippen molar-refractivity contribution in [3.05, 3.63) is 106 Å². The van der Waals surface area contributed by atoms with E-state index in [1.165, 1.54) is 6.07 Å². The highest BCUT2D eigenvalue weighted by molar-refractivity contribution is 7.90. The Kier molecular flexibility index (Phi) is 9.69. The zero-order chi connectivity index (χ0) is 36.5. The number of nitrogens with two attached hydrogens (primary N) is 1. The maximum absolute atomic E-state index is 11.8. The number of fused-ring (bicyclic) bond motifs is 2. The molecule has 19 heteroatoms. The molecule has 51 heavy (non-hydrogen) atoms. The number of para-hydroxylation sites is 1. The molecule has 0 atom stereocenters. The van der Waals surface area contributed by atoms with Crippen molar-refractivity contribution in [2.75, 3.05) is 18.6 Å². The highest BCUT2D eigenvalue weighted by Crippen LogP contribution is 2.33. The first kappa shape index (κ1) is 35.3. The maximum atomic E-state index is 11.8. The van der Waals surface area contributed by atoms with Gasteiger partial charge >= 0.3 is 11.7 Å². The van der Waals surface area contributed by atoms with E-state index < -0.39 is 36.7 Å². The first-order valence-corrected chi connectivity index (χ1v) is 18.4. The summed E-state index contributed by atoms with van der Waals surface area (Å²) in [6, 6.07) is 22.9. The van der Waals surface area contributed by atoms with Gasteiger partial charge < -0.3 is 15.2 Å². The van der Waals surface area contributed by atoms with Gasteiger partial charge in [0.05, 0.1) is 47.1 Å². The fraction of sp³-hybridized carbons (Fsp3) is 0.125. The molecule has 7 rings (SSSR count). The number of hydrogen-bond acceptors (Lipinski definition) is 11. The van der Waals surface area contributed by atoms with Crippen molar-refractivity contribution >= 4 is 54.3 Å². The summed E-state index contributed by atoms with van der Waals surface area (Å²) in [6.07, 6.45) is 0. The molecule has 264 valence electrons. The van der Waals surface area contributed by atoms with Gasteiger partial charge in [-0.3, -0.25) is 14.1 Å². The quantitative estimate of drug-likeness (QED) is 0.149. The van der Waals surface area contributed by atoms with E-state index in [4.69, 9.17) is 21.5 Å². The fourth-order valence-electron chi connectivity index (χ4n) is 5.40. The molecule has 1 aliphatic rings. The number of aromatic nitrogens is 4. The number of imidazole rings is 1. The van der Waals surface area contributed by atoms with E-state index in [2.05, 4.69) is 29.7 Å². The van der Waals surface area contributed by atoms with E-state index in [-0.39, 0.29) is 27.8 Å². The van der Waals surface area contributed by atoms with Gasteiger partial charge in [0.25, 0.3) is 6.01 Å². The zero-order valence-corrected chi connectivity index (χ0v) is 28.8. The summed E-state index contributed by atoms with van der Waals surface area (Å²) >= 11 is 5.72. The minimum absolute atomic E-state index is 0.0143. The lowest BCUT2D eigenvalue weighted by molar-refractivity contribution is 0.0698. The SMILES string of the molecule is CCOc1nc2cccc(C(=O)O)c2n1Cc1ccc(-c2ccccc2-c2noc(=O)[nH]2)cc1.NS(=O)(=O)c1cc2c(cc1Cl)NCNS2(=O)=O. The van der Waals surface area contributed by atoms with Crippen LogP contribution in [0.2, 0.25) is 5.02 Å². The van der Waals surface area contributed by atoms with Crippen LogP contribution in [0.1, 0.15) is 22.8 Å². The van der Waals surface area contributed by atoms with Crippen LogP contribution >= 0.6 is 11.6 Å². The van der Waals surface area contributed by atoms with Crippen LogP contribution in [0.3, 0.4) is 0 Å². The number of carboxylic acid groups (broad SMARTS) is 1. The number of aromatic amines is 1. The molecule has 6 N–H and O–H groups in total. The molecule has 0 amide bonds. The average Bonchev–Trinajstić information content (AvgIpc) is 3.67. The molecule has 0 saturated carbocycles. The van der Waals surface area contributed by atoms with Gasteiger partial charge in [-0.25, -0.2) is 31.6 Å². The first-order valence-electron chi connectivity index (χ1n) is 15.0. The summed E-state index contributed by atoms with van der Waals surface area (Å²) in [5.74, 6) is -1.27. The normalized spacial score (nSPS) is 13.5. The molecule has 0 fully saturated rings. The number of aromatic carboxylic acids is 1. The van der Waals surface area contributed by atoms with Crippen molar-refractivity contribution in [2.24, 2.45) is 5.14 Å². The summed E-state index contributed by atoms with van der Waals surface area (Å²) in [5, 5.41) is 21.0. The van der Waals surface area contributed by atoms with E-state index in [9.17, 15) is 31.5 Å². The molecule has 0 saturated heterocycles. The topological polar surface area (TPSA) is 242 Å². The van der Waals surface area contributed by atoms with E-state index in [0.717, 1.165) is 28.3 Å². The number of benzene rings is 4. The molecular formula is C32H28ClN7O9S2. The Bertz CT molecular complexity index is 2570. The van der Waals surface area contributed by atoms with E-state index >= 15 is 0 Å². The molecule has 6 aromatic rings. The molecule has 0 radical (unpaired) electrons. The Morgan fingerprint density at radius 1 is 1.08 bits per heavy atom. The number of H-pyrrole nitrogens is 1. The summed E-state index contributed by atoms with van der Waals surface area (Å²) in [4.78, 5) is 29.7. The second-order valence-corrected chi connectivity index (χ2v) is 14.6. The second kappa shape index (κ2) is 14.0. The predicted octanol–water partition coefficient (Wildman–Crippen LogP) is 3.84.